The van der Waals surface area contributed by atoms with E-state index in [0.29, 0.717) is 49.1 Å². The minimum absolute atomic E-state index is 0.147. The molecule has 11 nitrogen and oxygen atoms in total. The van der Waals surface area contributed by atoms with Gasteiger partial charge in [0.05, 0.1) is 17.2 Å². The second-order valence-corrected chi connectivity index (χ2v) is 15.5. The molecular weight excluding hydrogens is 709 g/mol. The number of halogens is 3. The first-order chi connectivity index (χ1) is 26.5. The van der Waals surface area contributed by atoms with Gasteiger partial charge in [0.2, 0.25) is 11.8 Å². The van der Waals surface area contributed by atoms with Crippen LogP contribution < -0.4 is 20.0 Å². The fraction of sp³-hybridized carbons (Fsp3) is 0.488. The number of fused-ring (bicyclic) bond motifs is 1. The van der Waals surface area contributed by atoms with Gasteiger partial charge in [0.1, 0.15) is 11.9 Å². The summed E-state index contributed by atoms with van der Waals surface area (Å²) in [6, 6.07) is 15.3. The maximum atomic E-state index is 13.5. The number of aromatic nitrogens is 1. The molecule has 8 rings (SSSR count). The molecule has 3 amide bonds. The second kappa shape index (κ2) is 15.2. The first-order valence-electron chi connectivity index (χ1n) is 19.4. The highest BCUT2D eigenvalue weighted by atomic mass is 19.4. The van der Waals surface area contributed by atoms with Gasteiger partial charge in [0.25, 0.3) is 5.91 Å². The molecule has 4 fully saturated rings. The van der Waals surface area contributed by atoms with Gasteiger partial charge in [-0.2, -0.15) is 18.4 Å². The van der Waals surface area contributed by atoms with Gasteiger partial charge in [-0.05, 0) is 97.5 Å². The topological polar surface area (TPSA) is 116 Å². The lowest BCUT2D eigenvalue weighted by molar-refractivity contribution is -0.138. The van der Waals surface area contributed by atoms with E-state index in [-0.39, 0.29) is 23.8 Å². The Hall–Kier alpha value is -5.16. The van der Waals surface area contributed by atoms with Crippen LogP contribution in [0.25, 0.3) is 0 Å². The van der Waals surface area contributed by atoms with Gasteiger partial charge in [-0.15, -0.1) is 0 Å². The summed E-state index contributed by atoms with van der Waals surface area (Å²) in [7, 11) is 0. The number of pyridine rings is 1. The van der Waals surface area contributed by atoms with Crippen LogP contribution in [0, 0.1) is 17.2 Å². The van der Waals surface area contributed by atoms with E-state index in [4.69, 9.17) is 10.2 Å². The predicted molar refractivity (Wildman–Crippen MR) is 201 cm³/mol. The zero-order valence-corrected chi connectivity index (χ0v) is 30.7. The van der Waals surface area contributed by atoms with Gasteiger partial charge in [-0.1, -0.05) is 6.07 Å². The molecule has 0 radical (unpaired) electrons. The molecule has 14 heteroatoms. The van der Waals surface area contributed by atoms with Crippen LogP contribution in [0.15, 0.2) is 54.7 Å². The average molecular weight is 755 g/mol. The van der Waals surface area contributed by atoms with Gasteiger partial charge in [-0.3, -0.25) is 24.6 Å². The smallest absolute Gasteiger partial charge is 0.371 e. The van der Waals surface area contributed by atoms with Crippen molar-refractivity contribution in [3.8, 4) is 6.07 Å². The molecule has 3 aromatic rings. The normalized spacial score (nSPS) is 21.9. The van der Waals surface area contributed by atoms with Crippen molar-refractivity contribution in [1.82, 2.24) is 20.1 Å². The lowest BCUT2D eigenvalue weighted by Crippen LogP contribution is -2.52. The first kappa shape index (κ1) is 36.8. The molecule has 6 heterocycles. The monoisotopic (exact) mass is 754 g/mol. The summed E-state index contributed by atoms with van der Waals surface area (Å²) in [5, 5.41) is 11.5. The van der Waals surface area contributed by atoms with Crippen molar-refractivity contribution in [3.63, 3.8) is 0 Å². The molecule has 1 atom stereocenters. The number of anilines is 3. The van der Waals surface area contributed by atoms with Gasteiger partial charge >= 0.3 is 6.18 Å². The first-order valence-corrected chi connectivity index (χ1v) is 19.4. The Morgan fingerprint density at radius 1 is 0.800 bits per heavy atom. The maximum Gasteiger partial charge on any atom is 0.417 e. The number of carbonyl (C=O) groups excluding carboxylic acids is 3. The Kier molecular flexibility index (Phi) is 10.1. The lowest BCUT2D eigenvalue weighted by Gasteiger charge is -2.40. The van der Waals surface area contributed by atoms with Crippen LogP contribution in [-0.4, -0.2) is 97.4 Å². The molecule has 0 saturated carbocycles. The molecule has 0 unspecified atom stereocenters. The third kappa shape index (κ3) is 7.72. The van der Waals surface area contributed by atoms with Crippen LogP contribution >= 0.6 is 0 Å². The number of amides is 3. The van der Waals surface area contributed by atoms with Crippen LogP contribution in [0.2, 0.25) is 0 Å². The van der Waals surface area contributed by atoms with Gasteiger partial charge in [0, 0.05) is 95.0 Å². The molecule has 2 aromatic carbocycles. The van der Waals surface area contributed by atoms with Crippen molar-refractivity contribution in [2.75, 3.05) is 73.6 Å². The van der Waals surface area contributed by atoms with E-state index in [2.05, 4.69) is 38.2 Å². The van der Waals surface area contributed by atoms with Crippen LogP contribution in [0.1, 0.15) is 77.1 Å². The number of nitriles is 1. The summed E-state index contributed by atoms with van der Waals surface area (Å²) < 4.78 is 40.5. The molecule has 55 heavy (non-hydrogen) atoms. The van der Waals surface area contributed by atoms with E-state index in [0.717, 1.165) is 100 Å². The number of benzene rings is 2. The summed E-state index contributed by atoms with van der Waals surface area (Å²) >= 11 is 0. The van der Waals surface area contributed by atoms with E-state index < -0.39 is 23.7 Å². The van der Waals surface area contributed by atoms with E-state index in [1.807, 2.05) is 23.2 Å². The Labute approximate surface area is 318 Å². The highest BCUT2D eigenvalue weighted by molar-refractivity contribution is 6.05. The number of hydrogen-bond acceptors (Lipinski definition) is 9. The molecular formula is C41H45F3N8O3. The summed E-state index contributed by atoms with van der Waals surface area (Å²) in [4.78, 5) is 52.8. The summed E-state index contributed by atoms with van der Waals surface area (Å²) in [6.07, 6.45) is 1.86. The molecule has 1 N–H and O–H groups in total. The van der Waals surface area contributed by atoms with Crippen molar-refractivity contribution in [2.45, 2.75) is 63.2 Å². The molecule has 0 aliphatic carbocycles. The average Bonchev–Trinajstić information content (AvgIpc) is 3.52. The third-order valence-electron chi connectivity index (χ3n) is 12.2. The minimum atomic E-state index is -4.57. The number of nitrogens with zero attached hydrogens (tertiary/aromatic N) is 7. The van der Waals surface area contributed by atoms with Crippen molar-refractivity contribution in [2.24, 2.45) is 5.92 Å². The zero-order chi connectivity index (χ0) is 38.3. The van der Waals surface area contributed by atoms with Crippen molar-refractivity contribution >= 4 is 34.9 Å². The number of hydrogen-bond donors (Lipinski definition) is 1. The largest absolute Gasteiger partial charge is 0.417 e. The molecule has 0 spiro atoms. The molecule has 4 saturated heterocycles. The minimum Gasteiger partial charge on any atom is -0.371 e. The quantitative estimate of drug-likeness (QED) is 0.327. The molecule has 5 aliphatic rings. The maximum absolute atomic E-state index is 13.5. The third-order valence-corrected chi connectivity index (χ3v) is 12.2. The number of carbonyl (C=O) groups is 3. The number of alkyl halides is 3. The Morgan fingerprint density at radius 2 is 1.49 bits per heavy atom. The number of rotatable bonds is 7. The van der Waals surface area contributed by atoms with E-state index >= 15 is 0 Å². The van der Waals surface area contributed by atoms with Crippen LogP contribution in [0.5, 0.6) is 0 Å². The van der Waals surface area contributed by atoms with E-state index in [9.17, 15) is 27.6 Å². The fourth-order valence-electron chi connectivity index (χ4n) is 9.01. The summed E-state index contributed by atoms with van der Waals surface area (Å²) in [5.41, 5.74) is 3.10. The summed E-state index contributed by atoms with van der Waals surface area (Å²) in [5.74, 6) is 1.09. The zero-order valence-electron chi connectivity index (χ0n) is 30.7. The van der Waals surface area contributed by atoms with Gasteiger partial charge in [0.15, 0.2) is 0 Å². The lowest BCUT2D eigenvalue weighted by atomic mass is 9.90. The molecule has 1 aromatic heterocycles. The Bertz CT molecular complexity index is 1980. The molecule has 288 valence electrons. The fourth-order valence-corrected chi connectivity index (χ4v) is 9.01. The van der Waals surface area contributed by atoms with E-state index in [1.165, 1.54) is 6.07 Å². The van der Waals surface area contributed by atoms with Gasteiger partial charge in [-0.25, -0.2) is 4.98 Å². The highest BCUT2D eigenvalue weighted by Crippen LogP contribution is 2.37. The standard InChI is InChI=1S/C41H45F3N8O3/c42-41(43,44)35-22-33(3-1-29(35)23-45)49-15-11-28(12-16-49)30-2-7-37(46-24-30)51-13-9-27(10-14-51)25-48-17-19-50(20-18-48)32-4-5-34-31(21-32)26-52(40(34)55)36-6-8-38(53)47-39(36)54/h1-5,7,21-22,24,27-28,36H,6,8-20,25-26H2,(H,47,53,54)/t36-/m1/s1. The number of nitrogens with one attached hydrogen (secondary N) is 1. The van der Waals surface area contributed by atoms with Crippen molar-refractivity contribution in [1.29, 1.82) is 5.26 Å². The number of piperidine rings is 3. The second-order valence-electron chi connectivity index (χ2n) is 15.5. The highest BCUT2D eigenvalue weighted by Gasteiger charge is 2.39. The molecule has 0 bridgehead atoms. The van der Waals surface area contributed by atoms with Crippen LogP contribution in [0.3, 0.4) is 0 Å². The van der Waals surface area contributed by atoms with Crippen LogP contribution in [0.4, 0.5) is 30.4 Å². The SMILES string of the molecule is N#Cc1ccc(N2CCC(c3ccc(N4CCC(CN5CCN(c6ccc7c(c6)CN([C@@H]6CCC(=O)NC6=O)C7=O)CC5)CC4)nc3)CC2)cc1C(F)(F)F. The van der Waals surface area contributed by atoms with Gasteiger partial charge < -0.3 is 19.6 Å². The number of piperazine rings is 1. The predicted octanol–water partition coefficient (Wildman–Crippen LogP) is 5.16. The Balaban J connectivity index is 0.774. The van der Waals surface area contributed by atoms with Crippen molar-refractivity contribution in [3.05, 3.63) is 82.5 Å². The summed E-state index contributed by atoms with van der Waals surface area (Å²) in [6.45, 7) is 8.43. The number of imide groups is 1. The van der Waals surface area contributed by atoms with Crippen molar-refractivity contribution < 1.29 is 27.6 Å². The van der Waals surface area contributed by atoms with Crippen LogP contribution in [-0.2, 0) is 22.3 Å². The Morgan fingerprint density at radius 3 is 2.16 bits per heavy atom. The molecule has 5 aliphatic heterocycles. The van der Waals surface area contributed by atoms with E-state index in [1.54, 1.807) is 17.0 Å².